The molecule has 0 heterocycles. The van der Waals surface area contributed by atoms with Crippen molar-refractivity contribution in [3.63, 3.8) is 0 Å². The van der Waals surface area contributed by atoms with E-state index >= 15 is 0 Å². The summed E-state index contributed by atoms with van der Waals surface area (Å²) in [5.74, 6) is -0.359. The summed E-state index contributed by atoms with van der Waals surface area (Å²) in [4.78, 5) is 0. The molecule has 0 aliphatic carbocycles. The fraction of sp³-hybridized carbons (Fsp3) is 1.00. The minimum atomic E-state index is -0.359. The van der Waals surface area contributed by atoms with E-state index in [9.17, 15) is 0 Å². The van der Waals surface area contributed by atoms with Crippen molar-refractivity contribution in [1.82, 2.24) is 0 Å². The van der Waals surface area contributed by atoms with Crippen molar-refractivity contribution in [3.8, 4) is 0 Å². The summed E-state index contributed by atoms with van der Waals surface area (Å²) in [6, 6.07) is 0. The van der Waals surface area contributed by atoms with E-state index in [-0.39, 0.29) is 5.79 Å². The quantitative estimate of drug-likeness (QED) is 0.215. The lowest BCUT2D eigenvalue weighted by Gasteiger charge is -2.29. The molecule has 2 nitrogen and oxygen atoms in total. The second kappa shape index (κ2) is 15.8. The molecule has 0 rings (SSSR count). The summed E-state index contributed by atoms with van der Waals surface area (Å²) in [6.45, 7) is 9.91. The van der Waals surface area contributed by atoms with Crippen LogP contribution in [0.2, 0.25) is 0 Å². The van der Waals surface area contributed by atoms with Crippen LogP contribution in [0.1, 0.15) is 111 Å². The highest BCUT2D eigenvalue weighted by atomic mass is 16.7. The molecule has 0 aromatic rings. The number of unbranched alkanes of at least 4 members (excludes halogenated alkanes) is 11. The second-order valence-corrected chi connectivity index (χ2v) is 6.64. The van der Waals surface area contributed by atoms with Crippen LogP contribution in [0.25, 0.3) is 0 Å². The first-order valence-corrected chi connectivity index (χ1v) is 9.96. The van der Waals surface area contributed by atoms with E-state index in [4.69, 9.17) is 9.47 Å². The highest BCUT2D eigenvalue weighted by Crippen LogP contribution is 2.21. The smallest absolute Gasteiger partial charge is 0.165 e. The molecule has 0 spiro atoms. The third-order valence-electron chi connectivity index (χ3n) is 4.38. The maximum atomic E-state index is 5.75. The van der Waals surface area contributed by atoms with Crippen LogP contribution >= 0.6 is 0 Å². The number of hydrogen-bond acceptors (Lipinski definition) is 2. The lowest BCUT2D eigenvalue weighted by molar-refractivity contribution is -0.225. The van der Waals surface area contributed by atoms with E-state index in [0.29, 0.717) is 0 Å². The standard InChI is InChI=1S/C20H42O2/c1-5-8-9-10-11-12-13-14-15-16-17-18-19-20(4,21-6-2)22-7-3/h5-19H2,1-4H3. The van der Waals surface area contributed by atoms with Gasteiger partial charge in [0.25, 0.3) is 0 Å². The molecule has 0 aliphatic rings. The number of rotatable bonds is 17. The van der Waals surface area contributed by atoms with E-state index < -0.39 is 0 Å². The summed E-state index contributed by atoms with van der Waals surface area (Å²) in [7, 11) is 0. The maximum absolute atomic E-state index is 5.75. The Labute approximate surface area is 140 Å². The molecular weight excluding hydrogens is 272 g/mol. The van der Waals surface area contributed by atoms with Gasteiger partial charge in [-0.1, -0.05) is 77.6 Å². The van der Waals surface area contributed by atoms with Crippen LogP contribution < -0.4 is 0 Å². The van der Waals surface area contributed by atoms with E-state index in [0.717, 1.165) is 19.6 Å². The molecule has 0 radical (unpaired) electrons. The Bertz CT molecular complexity index is 210. The maximum Gasteiger partial charge on any atom is 0.165 e. The summed E-state index contributed by atoms with van der Waals surface area (Å²) in [5, 5.41) is 0. The van der Waals surface area contributed by atoms with Crippen LogP contribution in [-0.4, -0.2) is 19.0 Å². The van der Waals surface area contributed by atoms with Gasteiger partial charge < -0.3 is 9.47 Å². The molecule has 22 heavy (non-hydrogen) atoms. The van der Waals surface area contributed by atoms with Crippen molar-refractivity contribution in [1.29, 1.82) is 0 Å². The van der Waals surface area contributed by atoms with Gasteiger partial charge in [-0.3, -0.25) is 0 Å². The van der Waals surface area contributed by atoms with Crippen LogP contribution in [0.4, 0.5) is 0 Å². The molecule has 0 amide bonds. The van der Waals surface area contributed by atoms with Gasteiger partial charge in [-0.25, -0.2) is 0 Å². The zero-order valence-corrected chi connectivity index (χ0v) is 15.9. The highest BCUT2D eigenvalue weighted by Gasteiger charge is 2.23. The third-order valence-corrected chi connectivity index (χ3v) is 4.38. The zero-order valence-electron chi connectivity index (χ0n) is 15.9. The van der Waals surface area contributed by atoms with E-state index in [1.165, 1.54) is 77.0 Å². The second-order valence-electron chi connectivity index (χ2n) is 6.64. The normalized spacial score (nSPS) is 12.0. The molecule has 0 bridgehead atoms. The van der Waals surface area contributed by atoms with Gasteiger partial charge >= 0.3 is 0 Å². The summed E-state index contributed by atoms with van der Waals surface area (Å²) in [6.07, 6.45) is 17.7. The SMILES string of the molecule is CCCCCCCCCCCCCCC(C)(OCC)OCC. The molecule has 0 N–H and O–H groups in total. The summed E-state index contributed by atoms with van der Waals surface area (Å²) >= 11 is 0. The van der Waals surface area contributed by atoms with Gasteiger partial charge in [-0.15, -0.1) is 0 Å². The molecule has 2 heteroatoms. The minimum Gasteiger partial charge on any atom is -0.351 e. The Morgan fingerprint density at radius 1 is 0.545 bits per heavy atom. The van der Waals surface area contributed by atoms with Crippen molar-refractivity contribution < 1.29 is 9.47 Å². The predicted octanol–water partition coefficient (Wildman–Crippen LogP) is 6.87. The molecule has 0 aliphatic heterocycles. The molecule has 0 saturated heterocycles. The first-order valence-electron chi connectivity index (χ1n) is 9.96. The Balaban J connectivity index is 3.34. The van der Waals surface area contributed by atoms with Gasteiger partial charge in [0.05, 0.1) is 0 Å². The largest absolute Gasteiger partial charge is 0.351 e. The molecule has 0 atom stereocenters. The Morgan fingerprint density at radius 2 is 0.909 bits per heavy atom. The lowest BCUT2D eigenvalue weighted by atomic mass is 10.0. The monoisotopic (exact) mass is 314 g/mol. The topological polar surface area (TPSA) is 18.5 Å². The van der Waals surface area contributed by atoms with Crippen molar-refractivity contribution in [3.05, 3.63) is 0 Å². The molecule has 0 fully saturated rings. The molecule has 134 valence electrons. The van der Waals surface area contributed by atoms with Crippen LogP contribution in [0.5, 0.6) is 0 Å². The summed E-state index contributed by atoms with van der Waals surface area (Å²) in [5.41, 5.74) is 0. The zero-order chi connectivity index (χ0) is 16.5. The van der Waals surface area contributed by atoms with Gasteiger partial charge in [-0.05, 0) is 27.2 Å². The summed E-state index contributed by atoms with van der Waals surface area (Å²) < 4.78 is 11.5. The minimum absolute atomic E-state index is 0.359. The predicted molar refractivity (Wildman–Crippen MR) is 97.4 cm³/mol. The van der Waals surface area contributed by atoms with Crippen LogP contribution in [0.15, 0.2) is 0 Å². The van der Waals surface area contributed by atoms with Crippen molar-refractivity contribution >= 4 is 0 Å². The Morgan fingerprint density at radius 3 is 1.27 bits per heavy atom. The van der Waals surface area contributed by atoms with Crippen LogP contribution in [0, 0.1) is 0 Å². The van der Waals surface area contributed by atoms with Gasteiger partial charge in [0.15, 0.2) is 5.79 Å². The van der Waals surface area contributed by atoms with Gasteiger partial charge in [-0.2, -0.15) is 0 Å². The lowest BCUT2D eigenvalue weighted by Crippen LogP contribution is -2.32. The van der Waals surface area contributed by atoms with Crippen LogP contribution in [-0.2, 0) is 9.47 Å². The number of hydrogen-bond donors (Lipinski definition) is 0. The van der Waals surface area contributed by atoms with Gasteiger partial charge in [0, 0.05) is 19.6 Å². The average Bonchev–Trinajstić information content (AvgIpc) is 2.49. The Kier molecular flexibility index (Phi) is 15.7. The fourth-order valence-corrected chi connectivity index (χ4v) is 3.08. The van der Waals surface area contributed by atoms with E-state index in [1.807, 2.05) is 13.8 Å². The first-order chi connectivity index (χ1) is 10.7. The van der Waals surface area contributed by atoms with Crippen LogP contribution in [0.3, 0.4) is 0 Å². The van der Waals surface area contributed by atoms with Crippen molar-refractivity contribution in [2.75, 3.05) is 13.2 Å². The fourth-order valence-electron chi connectivity index (χ4n) is 3.08. The average molecular weight is 315 g/mol. The third kappa shape index (κ3) is 13.6. The van der Waals surface area contributed by atoms with Crippen molar-refractivity contribution in [2.45, 2.75) is 117 Å². The molecule has 0 aromatic heterocycles. The highest BCUT2D eigenvalue weighted by molar-refractivity contribution is 4.63. The van der Waals surface area contributed by atoms with Gasteiger partial charge in [0.2, 0.25) is 0 Å². The number of ether oxygens (including phenoxy) is 2. The van der Waals surface area contributed by atoms with Crippen molar-refractivity contribution in [2.24, 2.45) is 0 Å². The molecule has 0 aromatic carbocycles. The van der Waals surface area contributed by atoms with E-state index in [2.05, 4.69) is 13.8 Å². The molecular formula is C20H42O2. The Hall–Kier alpha value is -0.0800. The molecule has 0 saturated carbocycles. The van der Waals surface area contributed by atoms with E-state index in [1.54, 1.807) is 0 Å². The van der Waals surface area contributed by atoms with Gasteiger partial charge in [0.1, 0.15) is 0 Å². The first kappa shape index (κ1) is 21.9. The molecule has 0 unspecified atom stereocenters.